The minimum Gasteiger partial charge on any atom is -0.323 e. The summed E-state index contributed by atoms with van der Waals surface area (Å²) >= 11 is 6.10. The van der Waals surface area contributed by atoms with Crippen LogP contribution in [0.3, 0.4) is 0 Å². The van der Waals surface area contributed by atoms with E-state index in [1.54, 1.807) is 6.33 Å². The molecule has 1 aromatic carbocycles. The number of imidazole rings is 1. The average molecular weight is 275 g/mol. The van der Waals surface area contributed by atoms with Crippen LogP contribution in [0.4, 0.5) is 5.82 Å². The van der Waals surface area contributed by atoms with Gasteiger partial charge in [-0.3, -0.25) is 0 Å². The molecule has 0 bridgehead atoms. The molecule has 3 aromatic rings. The third-order valence-corrected chi connectivity index (χ3v) is 3.08. The fraction of sp³-hybridized carbons (Fsp3) is 0.0833. The molecule has 0 saturated carbocycles. The van der Waals surface area contributed by atoms with Crippen LogP contribution in [0.1, 0.15) is 5.56 Å². The summed E-state index contributed by atoms with van der Waals surface area (Å²) in [6, 6.07) is 10.0. The molecule has 0 aliphatic carbocycles. The normalized spacial score (nSPS) is 10.8. The first kappa shape index (κ1) is 11.9. The van der Waals surface area contributed by atoms with Crippen LogP contribution in [0, 0.1) is 0 Å². The van der Waals surface area contributed by atoms with Crippen LogP contribution in [-0.4, -0.2) is 19.7 Å². The molecule has 7 heteroatoms. The monoisotopic (exact) mass is 274 g/mol. The van der Waals surface area contributed by atoms with Crippen LogP contribution < -0.4 is 11.3 Å². The molecule has 0 aliphatic rings. The SMILES string of the molecule is NNc1nnc(Cl)c2c1ncn2Cc1ccccc1. The van der Waals surface area contributed by atoms with Crippen molar-refractivity contribution in [2.24, 2.45) is 5.84 Å². The van der Waals surface area contributed by atoms with Crippen molar-refractivity contribution in [2.75, 3.05) is 5.43 Å². The third kappa shape index (κ3) is 2.11. The van der Waals surface area contributed by atoms with Gasteiger partial charge in [0.1, 0.15) is 11.0 Å². The number of halogens is 1. The number of nitrogens with two attached hydrogens (primary N) is 1. The number of nitrogen functional groups attached to an aromatic ring is 1. The van der Waals surface area contributed by atoms with E-state index in [-0.39, 0.29) is 0 Å². The van der Waals surface area contributed by atoms with Crippen LogP contribution in [0.5, 0.6) is 0 Å². The molecular weight excluding hydrogens is 264 g/mol. The van der Waals surface area contributed by atoms with E-state index in [0.29, 0.717) is 28.5 Å². The van der Waals surface area contributed by atoms with Crippen molar-refractivity contribution >= 4 is 28.5 Å². The van der Waals surface area contributed by atoms with Gasteiger partial charge in [-0.2, -0.15) is 0 Å². The van der Waals surface area contributed by atoms with Crippen molar-refractivity contribution in [3.8, 4) is 0 Å². The second-order valence-corrected chi connectivity index (χ2v) is 4.40. The number of rotatable bonds is 3. The predicted molar refractivity (Wildman–Crippen MR) is 73.7 cm³/mol. The second-order valence-electron chi connectivity index (χ2n) is 4.04. The molecule has 6 nitrogen and oxygen atoms in total. The second kappa shape index (κ2) is 4.83. The Labute approximate surface area is 114 Å². The minimum atomic E-state index is 0.308. The lowest BCUT2D eigenvalue weighted by Gasteiger charge is -2.06. The maximum atomic E-state index is 6.10. The zero-order valence-corrected chi connectivity index (χ0v) is 10.7. The number of hydrazine groups is 1. The fourth-order valence-electron chi connectivity index (χ4n) is 1.96. The van der Waals surface area contributed by atoms with Gasteiger partial charge in [0.05, 0.1) is 6.33 Å². The van der Waals surface area contributed by atoms with Crippen LogP contribution >= 0.6 is 11.6 Å². The average Bonchev–Trinajstić information content (AvgIpc) is 2.85. The number of hydrogen-bond acceptors (Lipinski definition) is 5. The van der Waals surface area contributed by atoms with Gasteiger partial charge in [-0.15, -0.1) is 10.2 Å². The minimum absolute atomic E-state index is 0.308. The topological polar surface area (TPSA) is 81.7 Å². The molecular formula is C12H11ClN6. The molecule has 96 valence electrons. The maximum absolute atomic E-state index is 6.10. The Bertz CT molecular complexity index is 709. The van der Waals surface area contributed by atoms with Gasteiger partial charge in [0.15, 0.2) is 11.0 Å². The summed E-state index contributed by atoms with van der Waals surface area (Å²) < 4.78 is 1.92. The fourth-order valence-corrected chi connectivity index (χ4v) is 2.19. The molecule has 19 heavy (non-hydrogen) atoms. The van der Waals surface area contributed by atoms with E-state index in [1.807, 2.05) is 34.9 Å². The maximum Gasteiger partial charge on any atom is 0.190 e. The molecule has 0 spiro atoms. The first-order valence-electron chi connectivity index (χ1n) is 5.67. The standard InChI is InChI=1S/C12H11ClN6/c13-11-10-9(12(16-14)18-17-11)15-7-19(10)6-8-4-2-1-3-5-8/h1-5,7H,6,14H2,(H,16,18). The molecule has 0 atom stereocenters. The molecule has 2 heterocycles. The summed E-state index contributed by atoms with van der Waals surface area (Å²) in [5.41, 5.74) is 4.94. The predicted octanol–water partition coefficient (Wildman–Crippen LogP) is 1.81. The van der Waals surface area contributed by atoms with Gasteiger partial charge in [-0.25, -0.2) is 10.8 Å². The lowest BCUT2D eigenvalue weighted by molar-refractivity contribution is 0.821. The lowest BCUT2D eigenvalue weighted by atomic mass is 10.2. The van der Waals surface area contributed by atoms with Gasteiger partial charge < -0.3 is 9.99 Å². The molecule has 0 unspecified atom stereocenters. The number of hydrogen-bond donors (Lipinski definition) is 2. The molecule has 2 aromatic heterocycles. The zero-order valence-electron chi connectivity index (χ0n) is 9.92. The number of anilines is 1. The third-order valence-electron chi connectivity index (χ3n) is 2.83. The van der Waals surface area contributed by atoms with E-state index >= 15 is 0 Å². The molecule has 3 rings (SSSR count). The molecule has 0 saturated heterocycles. The largest absolute Gasteiger partial charge is 0.323 e. The van der Waals surface area contributed by atoms with Crippen LogP contribution in [0.2, 0.25) is 5.15 Å². The Morgan fingerprint density at radius 1 is 1.21 bits per heavy atom. The molecule has 0 fully saturated rings. The van der Waals surface area contributed by atoms with Crippen molar-refractivity contribution < 1.29 is 0 Å². The van der Waals surface area contributed by atoms with Gasteiger partial charge >= 0.3 is 0 Å². The van der Waals surface area contributed by atoms with Gasteiger partial charge in [-0.05, 0) is 5.56 Å². The summed E-state index contributed by atoms with van der Waals surface area (Å²) in [6.07, 6.45) is 1.70. The Hall–Kier alpha value is -2.18. The highest BCUT2D eigenvalue weighted by atomic mass is 35.5. The molecule has 3 N–H and O–H groups in total. The number of nitrogens with zero attached hydrogens (tertiary/aromatic N) is 4. The summed E-state index contributed by atoms with van der Waals surface area (Å²) in [6.45, 7) is 0.659. The Morgan fingerprint density at radius 3 is 2.74 bits per heavy atom. The van der Waals surface area contributed by atoms with Crippen LogP contribution in [0.25, 0.3) is 11.0 Å². The highest BCUT2D eigenvalue weighted by Gasteiger charge is 2.13. The number of benzene rings is 1. The first-order valence-corrected chi connectivity index (χ1v) is 6.05. The zero-order chi connectivity index (χ0) is 13.2. The van der Waals surface area contributed by atoms with Crippen molar-refractivity contribution in [1.82, 2.24) is 19.7 Å². The van der Waals surface area contributed by atoms with Gasteiger partial charge in [0.25, 0.3) is 0 Å². The quantitative estimate of drug-likeness (QED) is 0.562. The van der Waals surface area contributed by atoms with E-state index in [4.69, 9.17) is 17.4 Å². The summed E-state index contributed by atoms with van der Waals surface area (Å²) in [4.78, 5) is 4.28. The van der Waals surface area contributed by atoms with E-state index in [1.165, 1.54) is 0 Å². The first-order chi connectivity index (χ1) is 9.29. The highest BCUT2D eigenvalue weighted by Crippen LogP contribution is 2.25. The summed E-state index contributed by atoms with van der Waals surface area (Å²) in [5.74, 6) is 5.79. The Morgan fingerprint density at radius 2 is 2.00 bits per heavy atom. The van der Waals surface area contributed by atoms with E-state index in [9.17, 15) is 0 Å². The summed E-state index contributed by atoms with van der Waals surface area (Å²) in [7, 11) is 0. The lowest BCUT2D eigenvalue weighted by Crippen LogP contribution is -2.10. The van der Waals surface area contributed by atoms with E-state index in [0.717, 1.165) is 5.56 Å². The van der Waals surface area contributed by atoms with E-state index < -0.39 is 0 Å². The number of fused-ring (bicyclic) bond motifs is 1. The Kier molecular flexibility index (Phi) is 3.02. The van der Waals surface area contributed by atoms with Gasteiger partial charge in [0, 0.05) is 6.54 Å². The molecule has 0 aliphatic heterocycles. The van der Waals surface area contributed by atoms with Gasteiger partial charge in [0.2, 0.25) is 0 Å². The Balaban J connectivity index is 2.10. The highest BCUT2D eigenvalue weighted by molar-refractivity contribution is 6.33. The number of nitrogens with one attached hydrogen (secondary N) is 1. The van der Waals surface area contributed by atoms with Gasteiger partial charge in [-0.1, -0.05) is 41.9 Å². The van der Waals surface area contributed by atoms with Crippen molar-refractivity contribution in [1.29, 1.82) is 0 Å². The number of aromatic nitrogens is 4. The van der Waals surface area contributed by atoms with Crippen LogP contribution in [-0.2, 0) is 6.54 Å². The van der Waals surface area contributed by atoms with E-state index in [2.05, 4.69) is 20.6 Å². The van der Waals surface area contributed by atoms with Crippen molar-refractivity contribution in [3.05, 3.63) is 47.4 Å². The smallest absolute Gasteiger partial charge is 0.190 e. The molecule has 0 radical (unpaired) electrons. The summed E-state index contributed by atoms with van der Waals surface area (Å²) in [5, 5.41) is 8.02. The van der Waals surface area contributed by atoms with Crippen LogP contribution in [0.15, 0.2) is 36.7 Å². The molecule has 0 amide bonds. The van der Waals surface area contributed by atoms with Crippen molar-refractivity contribution in [2.45, 2.75) is 6.54 Å². The van der Waals surface area contributed by atoms with Crippen molar-refractivity contribution in [3.63, 3.8) is 0 Å².